The normalized spacial score (nSPS) is 26.0. The molecule has 2 aliphatic heterocycles. The van der Waals surface area contributed by atoms with Gasteiger partial charge < -0.3 is 14.0 Å². The van der Waals surface area contributed by atoms with Crippen molar-refractivity contribution in [3.05, 3.63) is 12.1 Å². The van der Waals surface area contributed by atoms with Crippen molar-refractivity contribution in [2.75, 3.05) is 26.4 Å². The Morgan fingerprint density at radius 3 is 2.38 bits per heavy atom. The molecule has 2 heterocycles. The lowest BCUT2D eigenvalue weighted by atomic mass is 9.87. The standard InChI is InChI=1S/C9H15BO3/c1(4-10-12-7-8-13-10)9-2-5-11-6-3-9/h1,4,9H,2-3,5-8H2. The molecule has 0 aromatic rings. The highest BCUT2D eigenvalue weighted by Gasteiger charge is 2.20. The summed E-state index contributed by atoms with van der Waals surface area (Å²) in [5, 5.41) is 0. The predicted octanol–water partition coefficient (Wildman–Crippen LogP) is 1.04. The summed E-state index contributed by atoms with van der Waals surface area (Å²) in [5.74, 6) is 2.68. The average molecular weight is 182 g/mol. The minimum absolute atomic E-state index is 0.0946. The second kappa shape index (κ2) is 4.79. The molecule has 0 spiro atoms. The lowest BCUT2D eigenvalue weighted by Gasteiger charge is -2.18. The van der Waals surface area contributed by atoms with Gasteiger partial charge in [-0.1, -0.05) is 12.1 Å². The number of ether oxygens (including phenoxy) is 1. The Balaban J connectivity index is 1.74. The van der Waals surface area contributed by atoms with Gasteiger partial charge in [-0.25, -0.2) is 0 Å². The van der Waals surface area contributed by atoms with Crippen molar-refractivity contribution in [3.8, 4) is 0 Å². The van der Waals surface area contributed by atoms with Crippen LogP contribution in [0.3, 0.4) is 0 Å². The van der Waals surface area contributed by atoms with Gasteiger partial charge in [0.15, 0.2) is 0 Å². The van der Waals surface area contributed by atoms with Crippen LogP contribution in [0.4, 0.5) is 0 Å². The first-order chi connectivity index (χ1) is 6.45. The molecule has 2 rings (SSSR count). The van der Waals surface area contributed by atoms with Crippen LogP contribution in [-0.4, -0.2) is 33.5 Å². The summed E-state index contributed by atoms with van der Waals surface area (Å²) in [6.07, 6.45) is 4.46. The molecule has 4 heteroatoms. The predicted molar refractivity (Wildman–Crippen MR) is 50.3 cm³/mol. The maximum absolute atomic E-state index is 5.30. The van der Waals surface area contributed by atoms with Crippen molar-refractivity contribution >= 4 is 7.12 Å². The Bertz CT molecular complexity index is 172. The van der Waals surface area contributed by atoms with Crippen molar-refractivity contribution in [1.29, 1.82) is 0 Å². The summed E-state index contributed by atoms with van der Waals surface area (Å²) in [4.78, 5) is 0. The van der Waals surface area contributed by atoms with Crippen molar-refractivity contribution in [1.82, 2.24) is 0 Å². The smallest absolute Gasteiger partial charge is 0.405 e. The molecule has 0 unspecified atom stereocenters. The molecule has 2 aliphatic rings. The summed E-state index contributed by atoms with van der Waals surface area (Å²) in [6, 6.07) is 0. The Labute approximate surface area is 79.2 Å². The van der Waals surface area contributed by atoms with Gasteiger partial charge in [-0.15, -0.1) is 0 Å². The highest BCUT2D eigenvalue weighted by atomic mass is 16.6. The number of rotatable bonds is 2. The second-order valence-electron chi connectivity index (χ2n) is 3.44. The molecule has 2 saturated heterocycles. The van der Waals surface area contributed by atoms with E-state index in [0.717, 1.165) is 39.3 Å². The molecule has 2 fully saturated rings. The van der Waals surface area contributed by atoms with Crippen LogP contribution in [0.5, 0.6) is 0 Å². The Morgan fingerprint density at radius 1 is 1.00 bits per heavy atom. The molecule has 3 nitrogen and oxygen atoms in total. The quantitative estimate of drug-likeness (QED) is 0.597. The van der Waals surface area contributed by atoms with Gasteiger partial charge in [0.05, 0.1) is 13.2 Å². The van der Waals surface area contributed by atoms with Crippen LogP contribution in [0, 0.1) is 5.92 Å². The molecule has 0 atom stereocenters. The van der Waals surface area contributed by atoms with E-state index in [1.165, 1.54) is 0 Å². The van der Waals surface area contributed by atoms with E-state index in [1.54, 1.807) is 0 Å². The fourth-order valence-corrected chi connectivity index (χ4v) is 1.64. The van der Waals surface area contributed by atoms with Gasteiger partial charge in [-0.3, -0.25) is 0 Å². The first kappa shape index (κ1) is 9.25. The van der Waals surface area contributed by atoms with Crippen LogP contribution in [0.2, 0.25) is 0 Å². The fraction of sp³-hybridized carbons (Fsp3) is 0.778. The molecule has 0 saturated carbocycles. The van der Waals surface area contributed by atoms with Crippen LogP contribution in [0.1, 0.15) is 12.8 Å². The molecule has 0 bridgehead atoms. The van der Waals surface area contributed by atoms with Crippen LogP contribution in [-0.2, 0) is 14.0 Å². The van der Waals surface area contributed by atoms with E-state index in [9.17, 15) is 0 Å². The molecule has 0 aliphatic carbocycles. The van der Waals surface area contributed by atoms with Crippen molar-refractivity contribution in [3.63, 3.8) is 0 Å². The number of hydrogen-bond acceptors (Lipinski definition) is 3. The summed E-state index contributed by atoms with van der Waals surface area (Å²) in [7, 11) is -0.0946. The van der Waals surface area contributed by atoms with E-state index in [4.69, 9.17) is 14.0 Å². The van der Waals surface area contributed by atoms with Crippen LogP contribution in [0.25, 0.3) is 0 Å². The van der Waals surface area contributed by atoms with E-state index in [1.807, 2.05) is 5.98 Å². The Hall–Kier alpha value is -0.315. The summed E-state index contributed by atoms with van der Waals surface area (Å²) in [5.41, 5.74) is 0. The van der Waals surface area contributed by atoms with Gasteiger partial charge in [0.25, 0.3) is 0 Å². The zero-order chi connectivity index (χ0) is 8.93. The summed E-state index contributed by atoms with van der Waals surface area (Å²) >= 11 is 0. The molecule has 13 heavy (non-hydrogen) atoms. The first-order valence-corrected chi connectivity index (χ1v) is 4.94. The van der Waals surface area contributed by atoms with Gasteiger partial charge in [-0.2, -0.15) is 0 Å². The van der Waals surface area contributed by atoms with E-state index in [-0.39, 0.29) is 7.12 Å². The van der Waals surface area contributed by atoms with Gasteiger partial charge in [-0.05, 0) is 18.8 Å². The van der Waals surface area contributed by atoms with Crippen LogP contribution >= 0.6 is 0 Å². The molecular weight excluding hydrogens is 167 g/mol. The molecule has 0 aromatic heterocycles. The first-order valence-electron chi connectivity index (χ1n) is 4.94. The third-order valence-electron chi connectivity index (χ3n) is 2.45. The molecule has 0 radical (unpaired) electrons. The topological polar surface area (TPSA) is 27.7 Å². The van der Waals surface area contributed by atoms with Crippen LogP contribution in [0.15, 0.2) is 12.1 Å². The number of hydrogen-bond donors (Lipinski definition) is 0. The van der Waals surface area contributed by atoms with Gasteiger partial charge in [0.1, 0.15) is 0 Å². The largest absolute Gasteiger partial charge is 0.485 e. The fourth-order valence-electron chi connectivity index (χ4n) is 1.64. The van der Waals surface area contributed by atoms with Gasteiger partial charge in [0.2, 0.25) is 0 Å². The third-order valence-corrected chi connectivity index (χ3v) is 2.45. The SMILES string of the molecule is C(=CC1CCOCC1)B1OCCO1. The molecule has 0 aromatic carbocycles. The maximum atomic E-state index is 5.30. The third kappa shape index (κ3) is 2.83. The van der Waals surface area contributed by atoms with Gasteiger partial charge >= 0.3 is 7.12 Å². The zero-order valence-corrected chi connectivity index (χ0v) is 7.78. The van der Waals surface area contributed by atoms with E-state index in [0.29, 0.717) is 5.92 Å². The maximum Gasteiger partial charge on any atom is 0.485 e. The lowest BCUT2D eigenvalue weighted by Crippen LogP contribution is -2.16. The van der Waals surface area contributed by atoms with Gasteiger partial charge in [0, 0.05) is 13.2 Å². The highest BCUT2D eigenvalue weighted by molar-refractivity contribution is 6.51. The van der Waals surface area contributed by atoms with E-state index >= 15 is 0 Å². The second-order valence-corrected chi connectivity index (χ2v) is 3.44. The summed E-state index contributed by atoms with van der Waals surface area (Å²) in [6.45, 7) is 3.23. The van der Waals surface area contributed by atoms with E-state index < -0.39 is 0 Å². The van der Waals surface area contributed by atoms with Crippen molar-refractivity contribution in [2.24, 2.45) is 5.92 Å². The zero-order valence-electron chi connectivity index (χ0n) is 7.78. The minimum atomic E-state index is -0.0946. The molecule has 72 valence electrons. The highest BCUT2D eigenvalue weighted by Crippen LogP contribution is 2.16. The van der Waals surface area contributed by atoms with Crippen molar-refractivity contribution < 1.29 is 14.0 Å². The van der Waals surface area contributed by atoms with Crippen LogP contribution < -0.4 is 0 Å². The van der Waals surface area contributed by atoms with Crippen molar-refractivity contribution in [2.45, 2.75) is 12.8 Å². The Morgan fingerprint density at radius 2 is 1.69 bits per heavy atom. The summed E-state index contributed by atoms with van der Waals surface area (Å²) < 4.78 is 15.9. The average Bonchev–Trinajstić information content (AvgIpc) is 2.69. The molecule has 0 N–H and O–H groups in total. The monoisotopic (exact) mass is 182 g/mol. The van der Waals surface area contributed by atoms with E-state index in [2.05, 4.69) is 6.08 Å². The number of allylic oxidation sites excluding steroid dienone is 1. The minimum Gasteiger partial charge on any atom is -0.405 e. The molecular formula is C9H15BO3. The lowest BCUT2D eigenvalue weighted by molar-refractivity contribution is 0.0785. The molecule has 0 amide bonds. The Kier molecular flexibility index (Phi) is 3.41.